The third-order valence-electron chi connectivity index (χ3n) is 8.94. The van der Waals surface area contributed by atoms with Gasteiger partial charge in [0.25, 0.3) is 0 Å². The van der Waals surface area contributed by atoms with E-state index in [0.29, 0.717) is 0 Å². The van der Waals surface area contributed by atoms with Crippen LogP contribution in [-0.2, 0) is 4.62 Å². The van der Waals surface area contributed by atoms with Crippen molar-refractivity contribution in [1.82, 2.24) is 5.48 Å². The molecule has 0 aromatic carbocycles. The number of fused-ring (bicyclic) bond motifs is 3. The van der Waals surface area contributed by atoms with Crippen molar-refractivity contribution in [2.24, 2.45) is 11.8 Å². The van der Waals surface area contributed by atoms with Crippen molar-refractivity contribution in [2.45, 2.75) is 133 Å². The number of rotatable bonds is 6. The topological polar surface area (TPSA) is 21.3 Å². The van der Waals surface area contributed by atoms with Gasteiger partial charge in [-0.2, -0.15) is 0 Å². The summed E-state index contributed by atoms with van der Waals surface area (Å²) in [7, 11) is -1.75. The third kappa shape index (κ3) is 3.42. The number of unbranched alkanes of at least 4 members (excludes halogenated alkanes) is 1. The normalized spacial score (nSPS) is 39.8. The summed E-state index contributed by atoms with van der Waals surface area (Å²) in [6, 6.07) is 0.721. The fourth-order valence-corrected chi connectivity index (χ4v) is 14.5. The second-order valence-corrected chi connectivity index (χ2v) is 14.4. The van der Waals surface area contributed by atoms with Crippen LogP contribution < -0.4 is 5.48 Å². The molecular weight excluding hydrogens is 337 g/mol. The Kier molecular flexibility index (Phi) is 6.65. The quantitative estimate of drug-likeness (QED) is 0.509. The maximum atomic E-state index is 7.02. The van der Waals surface area contributed by atoms with Crippen LogP contribution in [0.4, 0.5) is 0 Å². The molecule has 0 amide bonds. The van der Waals surface area contributed by atoms with E-state index in [9.17, 15) is 0 Å². The summed E-state index contributed by atoms with van der Waals surface area (Å²) in [4.78, 5) is 0. The van der Waals surface area contributed by atoms with Crippen molar-refractivity contribution >= 4 is 7.49 Å². The zero-order valence-corrected chi connectivity index (χ0v) is 18.5. The van der Waals surface area contributed by atoms with Gasteiger partial charge in [0, 0.05) is 0 Å². The molecule has 5 atom stereocenters. The summed E-state index contributed by atoms with van der Waals surface area (Å²) >= 11 is 0. The molecule has 26 heavy (non-hydrogen) atoms. The first-order valence-corrected chi connectivity index (χ1v) is 14.4. The van der Waals surface area contributed by atoms with E-state index in [4.69, 9.17) is 4.62 Å². The molecule has 5 unspecified atom stereocenters. The Hall–Kier alpha value is 0.350. The van der Waals surface area contributed by atoms with E-state index in [2.05, 4.69) is 19.3 Å². The minimum absolute atomic E-state index is 0.721. The summed E-state index contributed by atoms with van der Waals surface area (Å²) in [6.45, 7) is 4.84. The molecule has 0 spiro atoms. The van der Waals surface area contributed by atoms with Gasteiger partial charge in [-0.25, -0.2) is 0 Å². The van der Waals surface area contributed by atoms with Crippen molar-refractivity contribution in [3.05, 3.63) is 0 Å². The predicted molar refractivity (Wildman–Crippen MR) is 115 cm³/mol. The van der Waals surface area contributed by atoms with Gasteiger partial charge in [-0.05, 0) is 0 Å². The summed E-state index contributed by atoms with van der Waals surface area (Å²) in [5, 5.41) is 0. The van der Waals surface area contributed by atoms with E-state index in [1.54, 1.807) is 0 Å². The summed E-state index contributed by atoms with van der Waals surface area (Å²) in [5.41, 5.74) is 6.56. The Morgan fingerprint density at radius 2 is 1.69 bits per heavy atom. The molecule has 3 saturated carbocycles. The summed E-state index contributed by atoms with van der Waals surface area (Å²) in [5.74, 6) is 1.94. The van der Waals surface area contributed by atoms with Crippen LogP contribution in [0.3, 0.4) is 0 Å². The molecule has 4 aliphatic rings. The van der Waals surface area contributed by atoms with Gasteiger partial charge in [-0.3, -0.25) is 0 Å². The van der Waals surface area contributed by atoms with E-state index in [0.717, 1.165) is 34.9 Å². The fourth-order valence-electron chi connectivity index (χ4n) is 7.72. The van der Waals surface area contributed by atoms with Gasteiger partial charge in [-0.15, -0.1) is 0 Å². The van der Waals surface area contributed by atoms with Crippen molar-refractivity contribution in [3.8, 4) is 0 Å². The number of hydrogen-bond acceptors (Lipinski definition) is 2. The molecule has 4 fully saturated rings. The molecule has 0 aromatic rings. The molecule has 3 aliphatic carbocycles. The standard InChI is InChI=1S/C23H44NOP/c1-3-5-12-19(4-2)26(20-13-7-6-8-14-20)22-17-16-18-11-9-10-15-21(18)23(22)24-25-26/h18-24,26H,3-17H2,1-2H3. The van der Waals surface area contributed by atoms with E-state index >= 15 is 0 Å². The molecule has 1 aliphatic heterocycles. The Morgan fingerprint density at radius 3 is 2.46 bits per heavy atom. The SMILES string of the molecule is CCCCC(CC)[PH]1(C2CCCCC2)ONC2C3CCCCC3CCC21. The molecule has 0 bridgehead atoms. The number of hydroxylamine groups is 1. The van der Waals surface area contributed by atoms with Crippen LogP contribution in [0.2, 0.25) is 0 Å². The van der Waals surface area contributed by atoms with Gasteiger partial charge in [0.1, 0.15) is 0 Å². The second kappa shape index (κ2) is 8.79. The Morgan fingerprint density at radius 1 is 0.923 bits per heavy atom. The molecule has 0 radical (unpaired) electrons. The van der Waals surface area contributed by atoms with Crippen molar-refractivity contribution in [3.63, 3.8) is 0 Å². The molecule has 2 nitrogen and oxygen atoms in total. The first-order valence-electron chi connectivity index (χ1n) is 12.2. The second-order valence-electron chi connectivity index (χ2n) is 10.1. The van der Waals surface area contributed by atoms with Crippen molar-refractivity contribution in [1.29, 1.82) is 0 Å². The number of hydrogen-bond donors (Lipinski definition) is 1. The van der Waals surface area contributed by atoms with Crippen molar-refractivity contribution in [2.75, 3.05) is 0 Å². The van der Waals surface area contributed by atoms with Gasteiger partial charge >= 0.3 is 163 Å². The van der Waals surface area contributed by atoms with Crippen LogP contribution in [0.5, 0.6) is 0 Å². The monoisotopic (exact) mass is 381 g/mol. The van der Waals surface area contributed by atoms with Crippen LogP contribution in [0.1, 0.15) is 110 Å². The van der Waals surface area contributed by atoms with Gasteiger partial charge in [-0.1, -0.05) is 0 Å². The minimum atomic E-state index is -1.75. The van der Waals surface area contributed by atoms with Crippen LogP contribution >= 0.6 is 7.49 Å². The average molecular weight is 382 g/mol. The van der Waals surface area contributed by atoms with E-state index in [1.165, 1.54) is 96.3 Å². The van der Waals surface area contributed by atoms with E-state index in [1.807, 2.05) is 0 Å². The Balaban J connectivity index is 1.62. The molecule has 1 heterocycles. The van der Waals surface area contributed by atoms with E-state index < -0.39 is 7.49 Å². The van der Waals surface area contributed by atoms with Gasteiger partial charge in [0.05, 0.1) is 0 Å². The van der Waals surface area contributed by atoms with Crippen LogP contribution in [0, 0.1) is 11.8 Å². The molecule has 1 N–H and O–H groups in total. The zero-order chi connectivity index (χ0) is 18.0. The van der Waals surface area contributed by atoms with Crippen molar-refractivity contribution < 1.29 is 4.62 Å². The van der Waals surface area contributed by atoms with Gasteiger partial charge in [0.15, 0.2) is 0 Å². The fraction of sp³-hybridized carbons (Fsp3) is 1.00. The average Bonchev–Trinajstić information content (AvgIpc) is 3.10. The first-order chi connectivity index (χ1) is 12.8. The summed E-state index contributed by atoms with van der Waals surface area (Å²) in [6.07, 6.45) is 21.9. The Bertz CT molecular complexity index is 451. The third-order valence-corrected chi connectivity index (χ3v) is 15.0. The molecule has 152 valence electrons. The van der Waals surface area contributed by atoms with Crippen LogP contribution in [0.15, 0.2) is 0 Å². The predicted octanol–water partition coefficient (Wildman–Crippen LogP) is 6.83. The zero-order valence-electron chi connectivity index (χ0n) is 17.5. The van der Waals surface area contributed by atoms with Gasteiger partial charge in [0.2, 0.25) is 0 Å². The molecule has 4 rings (SSSR count). The molecular formula is C23H44NOP. The molecule has 1 saturated heterocycles. The summed E-state index contributed by atoms with van der Waals surface area (Å²) < 4.78 is 7.02. The van der Waals surface area contributed by atoms with Crippen LogP contribution in [-0.4, -0.2) is 23.0 Å². The van der Waals surface area contributed by atoms with Gasteiger partial charge < -0.3 is 0 Å². The van der Waals surface area contributed by atoms with E-state index in [-0.39, 0.29) is 0 Å². The van der Waals surface area contributed by atoms with Crippen LogP contribution in [0.25, 0.3) is 0 Å². The number of nitrogens with one attached hydrogen (secondary N) is 1. The Labute approximate surface area is 163 Å². The maximum absolute atomic E-state index is 7.02. The first kappa shape index (κ1) is 19.7. The molecule has 0 aromatic heterocycles. The molecule has 3 heteroatoms.